The van der Waals surface area contributed by atoms with Gasteiger partial charge < -0.3 is 23.7 Å². The van der Waals surface area contributed by atoms with Gasteiger partial charge in [0.05, 0.1) is 33.0 Å². The van der Waals surface area contributed by atoms with E-state index in [1.807, 2.05) is 121 Å². The van der Waals surface area contributed by atoms with E-state index in [1.165, 1.54) is 0 Å². The molecule has 3 unspecified atom stereocenters. The Morgan fingerprint density at radius 3 is 1.34 bits per heavy atom. The summed E-state index contributed by atoms with van der Waals surface area (Å²) in [7, 11) is 0. The molecule has 5 nitrogen and oxygen atoms in total. The molecule has 0 bridgehead atoms. The van der Waals surface area contributed by atoms with E-state index >= 15 is 0 Å². The standard InChI is InChI=1S/C36H36O5/c1-2-32-34(38-24-29-17-9-4-10-18-29)36(40-26-31-21-13-6-14-22-31)35(39-25-30-19-11-5-12-20-30)33(41-32)27-37-23-28-15-7-3-8-16-28/h1,3-22,32-36H,23-27H2/t32-,33?,34?,35+,36?/m0/s1. The van der Waals surface area contributed by atoms with E-state index in [2.05, 4.69) is 5.92 Å². The van der Waals surface area contributed by atoms with Gasteiger partial charge in [0.25, 0.3) is 0 Å². The topological polar surface area (TPSA) is 46.2 Å². The molecule has 4 aromatic carbocycles. The number of terminal acetylenes is 1. The van der Waals surface area contributed by atoms with Gasteiger partial charge in [-0.25, -0.2) is 0 Å². The van der Waals surface area contributed by atoms with Crippen LogP contribution in [0.1, 0.15) is 22.3 Å². The maximum Gasteiger partial charge on any atom is 0.147 e. The molecule has 1 fully saturated rings. The smallest absolute Gasteiger partial charge is 0.147 e. The van der Waals surface area contributed by atoms with Crippen LogP contribution in [0.15, 0.2) is 121 Å². The normalized spacial score (nSPS) is 22.2. The van der Waals surface area contributed by atoms with Gasteiger partial charge in [0.2, 0.25) is 0 Å². The first-order valence-electron chi connectivity index (χ1n) is 14.0. The fourth-order valence-electron chi connectivity index (χ4n) is 4.92. The van der Waals surface area contributed by atoms with Gasteiger partial charge in [-0.2, -0.15) is 0 Å². The van der Waals surface area contributed by atoms with Crippen LogP contribution in [0.4, 0.5) is 0 Å². The summed E-state index contributed by atoms with van der Waals surface area (Å²) in [6, 6.07) is 40.2. The number of ether oxygens (including phenoxy) is 5. The first-order chi connectivity index (χ1) is 20.3. The van der Waals surface area contributed by atoms with Crippen LogP contribution in [0, 0.1) is 12.3 Å². The van der Waals surface area contributed by atoms with Crippen LogP contribution < -0.4 is 0 Å². The molecular weight excluding hydrogens is 512 g/mol. The molecule has 0 spiro atoms. The molecule has 1 saturated heterocycles. The molecule has 210 valence electrons. The Bertz CT molecular complexity index is 1320. The highest BCUT2D eigenvalue weighted by Gasteiger charge is 2.48. The Morgan fingerprint density at radius 2 is 0.902 bits per heavy atom. The summed E-state index contributed by atoms with van der Waals surface area (Å²) in [5.74, 6) is 2.81. The van der Waals surface area contributed by atoms with Gasteiger partial charge in [-0.1, -0.05) is 127 Å². The van der Waals surface area contributed by atoms with Crippen molar-refractivity contribution in [3.05, 3.63) is 144 Å². The Morgan fingerprint density at radius 1 is 0.512 bits per heavy atom. The van der Waals surface area contributed by atoms with Crippen LogP contribution in [0.5, 0.6) is 0 Å². The third kappa shape index (κ3) is 8.37. The fourth-order valence-corrected chi connectivity index (χ4v) is 4.92. The second kappa shape index (κ2) is 15.3. The van der Waals surface area contributed by atoms with Gasteiger partial charge >= 0.3 is 0 Å². The molecule has 0 saturated carbocycles. The molecule has 0 radical (unpaired) electrons. The number of benzene rings is 4. The number of hydrogen-bond acceptors (Lipinski definition) is 5. The lowest BCUT2D eigenvalue weighted by Gasteiger charge is -2.44. The van der Waals surface area contributed by atoms with Crippen LogP contribution in [-0.2, 0) is 50.1 Å². The SMILES string of the molecule is C#C[C@@H]1OC(COCc2ccccc2)[C@@H](OCc2ccccc2)C(OCc2ccccc2)C1OCc1ccccc1. The summed E-state index contributed by atoms with van der Waals surface area (Å²) < 4.78 is 32.3. The molecule has 0 aliphatic carbocycles. The van der Waals surface area contributed by atoms with E-state index in [4.69, 9.17) is 30.1 Å². The Kier molecular flexibility index (Phi) is 10.7. The van der Waals surface area contributed by atoms with Gasteiger partial charge in [-0.15, -0.1) is 6.42 Å². The second-order valence-electron chi connectivity index (χ2n) is 10.0. The van der Waals surface area contributed by atoms with Crippen molar-refractivity contribution in [1.82, 2.24) is 0 Å². The maximum atomic E-state index is 6.62. The van der Waals surface area contributed by atoms with E-state index in [-0.39, 0.29) is 0 Å². The van der Waals surface area contributed by atoms with Crippen LogP contribution in [-0.4, -0.2) is 37.1 Å². The molecule has 5 atom stereocenters. The zero-order chi connectivity index (χ0) is 28.1. The van der Waals surface area contributed by atoms with Crippen LogP contribution in [0.3, 0.4) is 0 Å². The molecule has 0 N–H and O–H groups in total. The van der Waals surface area contributed by atoms with Crippen molar-refractivity contribution < 1.29 is 23.7 Å². The van der Waals surface area contributed by atoms with Crippen molar-refractivity contribution >= 4 is 0 Å². The molecular formula is C36H36O5. The zero-order valence-electron chi connectivity index (χ0n) is 23.1. The molecule has 0 amide bonds. The van der Waals surface area contributed by atoms with Gasteiger partial charge in [-0.05, 0) is 22.3 Å². The molecule has 4 aromatic rings. The van der Waals surface area contributed by atoms with Crippen molar-refractivity contribution in [2.75, 3.05) is 6.61 Å². The number of hydrogen-bond donors (Lipinski definition) is 0. The molecule has 41 heavy (non-hydrogen) atoms. The molecule has 1 aliphatic rings. The summed E-state index contributed by atoms with van der Waals surface area (Å²) in [6.45, 7) is 1.90. The quantitative estimate of drug-likeness (QED) is 0.182. The highest BCUT2D eigenvalue weighted by Crippen LogP contribution is 2.31. The van der Waals surface area contributed by atoms with Gasteiger partial charge in [0.1, 0.15) is 30.5 Å². The van der Waals surface area contributed by atoms with Crippen molar-refractivity contribution in [2.45, 2.75) is 56.9 Å². The monoisotopic (exact) mass is 548 g/mol. The van der Waals surface area contributed by atoms with Gasteiger partial charge in [-0.3, -0.25) is 0 Å². The Hall–Kier alpha value is -3.76. The molecule has 1 heterocycles. The lowest BCUT2D eigenvalue weighted by atomic mass is 9.94. The first-order valence-corrected chi connectivity index (χ1v) is 14.0. The van der Waals surface area contributed by atoms with Crippen LogP contribution in [0.25, 0.3) is 0 Å². The van der Waals surface area contributed by atoms with Crippen molar-refractivity contribution in [3.8, 4) is 12.3 Å². The predicted octanol–water partition coefficient (Wildman–Crippen LogP) is 6.36. The third-order valence-corrected chi connectivity index (χ3v) is 7.05. The minimum absolute atomic E-state index is 0.295. The minimum Gasteiger partial charge on any atom is -0.374 e. The van der Waals surface area contributed by atoms with Crippen LogP contribution in [0.2, 0.25) is 0 Å². The lowest BCUT2D eigenvalue weighted by Crippen LogP contribution is -2.60. The summed E-state index contributed by atoms with van der Waals surface area (Å²) in [4.78, 5) is 0. The van der Waals surface area contributed by atoms with Crippen molar-refractivity contribution in [3.63, 3.8) is 0 Å². The summed E-state index contributed by atoms with van der Waals surface area (Å²) in [5.41, 5.74) is 4.23. The maximum absolute atomic E-state index is 6.62. The van der Waals surface area contributed by atoms with E-state index in [0.717, 1.165) is 22.3 Å². The van der Waals surface area contributed by atoms with Gasteiger partial charge in [0, 0.05) is 0 Å². The largest absolute Gasteiger partial charge is 0.374 e. The Balaban J connectivity index is 1.39. The van der Waals surface area contributed by atoms with E-state index in [9.17, 15) is 0 Å². The Labute approximate surface area is 243 Å². The van der Waals surface area contributed by atoms with Crippen LogP contribution >= 0.6 is 0 Å². The predicted molar refractivity (Wildman–Crippen MR) is 159 cm³/mol. The average molecular weight is 549 g/mol. The fraction of sp³-hybridized carbons (Fsp3) is 0.278. The third-order valence-electron chi connectivity index (χ3n) is 7.05. The van der Waals surface area contributed by atoms with E-state index in [0.29, 0.717) is 33.0 Å². The summed E-state index contributed by atoms with van der Waals surface area (Å²) in [5, 5.41) is 0. The summed E-state index contributed by atoms with van der Waals surface area (Å²) >= 11 is 0. The van der Waals surface area contributed by atoms with Gasteiger partial charge in [0.15, 0.2) is 0 Å². The molecule has 5 rings (SSSR count). The van der Waals surface area contributed by atoms with E-state index in [1.54, 1.807) is 0 Å². The van der Waals surface area contributed by atoms with Crippen molar-refractivity contribution in [1.29, 1.82) is 0 Å². The van der Waals surface area contributed by atoms with Crippen molar-refractivity contribution in [2.24, 2.45) is 0 Å². The first kappa shape index (κ1) is 28.8. The highest BCUT2D eigenvalue weighted by atomic mass is 16.6. The lowest BCUT2D eigenvalue weighted by molar-refractivity contribution is -0.261. The second-order valence-corrected chi connectivity index (χ2v) is 10.0. The molecule has 0 aromatic heterocycles. The minimum atomic E-state index is -0.638. The molecule has 1 aliphatic heterocycles. The van der Waals surface area contributed by atoms with E-state index < -0.39 is 30.5 Å². The molecule has 5 heteroatoms. The highest BCUT2D eigenvalue weighted by molar-refractivity contribution is 5.17. The average Bonchev–Trinajstić information content (AvgIpc) is 3.04. The zero-order valence-corrected chi connectivity index (χ0v) is 23.1. The summed E-state index contributed by atoms with van der Waals surface area (Å²) in [6.07, 6.45) is 3.41. The number of rotatable bonds is 13.